The van der Waals surface area contributed by atoms with E-state index in [0.29, 0.717) is 5.69 Å². The summed E-state index contributed by atoms with van der Waals surface area (Å²) in [5, 5.41) is 2.38. The van der Waals surface area contributed by atoms with Crippen molar-refractivity contribution < 1.29 is 22.8 Å². The summed E-state index contributed by atoms with van der Waals surface area (Å²) < 4.78 is 38.8. The predicted octanol–water partition coefficient (Wildman–Crippen LogP) is 5.39. The number of hydrogen-bond donors (Lipinski definition) is 1. The van der Waals surface area contributed by atoms with Crippen LogP contribution in [0.3, 0.4) is 0 Å². The molecule has 2 amide bonds. The van der Waals surface area contributed by atoms with E-state index in [9.17, 15) is 22.8 Å². The number of nitrogens with one attached hydrogen (secondary N) is 1. The molecular weight excluding hydrogens is 417 g/mol. The van der Waals surface area contributed by atoms with Gasteiger partial charge in [0.1, 0.15) is 0 Å². The van der Waals surface area contributed by atoms with Gasteiger partial charge < -0.3 is 10.2 Å². The molecule has 0 heterocycles. The third kappa shape index (κ3) is 6.10. The number of halogens is 4. The Kier molecular flexibility index (Phi) is 7.31. The normalized spacial score (nSPS) is 11.6. The van der Waals surface area contributed by atoms with Crippen LogP contribution in [0.2, 0.25) is 5.02 Å². The lowest BCUT2D eigenvalue weighted by Gasteiger charge is -2.17. The molecule has 4 nitrogen and oxygen atoms in total. The Balaban J connectivity index is 2.04. The topological polar surface area (TPSA) is 49.4 Å². The molecule has 0 aliphatic heterocycles. The van der Waals surface area contributed by atoms with E-state index in [0.717, 1.165) is 34.9 Å². The largest absolute Gasteiger partial charge is 0.417 e. The molecule has 0 aromatic heterocycles. The molecule has 2 rings (SSSR count). The minimum atomic E-state index is -4.59. The lowest BCUT2D eigenvalue weighted by Crippen LogP contribution is -2.34. The number of anilines is 1. The van der Waals surface area contributed by atoms with Crippen LogP contribution in [0.15, 0.2) is 36.4 Å². The SMILES string of the molecule is Cc1cc(C)c(NC(=O)CN(C)C(=O)/C=C/c2ccc(Cl)c(C(F)(F)F)c2)c(C)c1. The standard InChI is InChI=1S/C22H22ClF3N2O2/c1-13-9-14(2)21(15(3)10-13)27-19(29)12-28(4)20(30)8-6-16-5-7-18(23)17(11-16)22(24,25)26/h5-11H,12H2,1-4H3,(H,27,29)/b8-6+. The summed E-state index contributed by atoms with van der Waals surface area (Å²) in [6.45, 7) is 5.52. The Morgan fingerprint density at radius 1 is 1.10 bits per heavy atom. The van der Waals surface area contributed by atoms with E-state index in [1.165, 1.54) is 24.1 Å². The number of likely N-dealkylation sites (N-methyl/N-ethyl adjacent to an activating group) is 1. The molecule has 0 bridgehead atoms. The third-order valence-electron chi connectivity index (χ3n) is 4.41. The number of carbonyl (C=O) groups is 2. The first-order valence-electron chi connectivity index (χ1n) is 9.06. The number of nitrogens with zero attached hydrogens (tertiary/aromatic N) is 1. The third-order valence-corrected chi connectivity index (χ3v) is 4.74. The highest BCUT2D eigenvalue weighted by Crippen LogP contribution is 2.35. The van der Waals surface area contributed by atoms with Crippen molar-refractivity contribution in [2.45, 2.75) is 26.9 Å². The average Bonchev–Trinajstić information content (AvgIpc) is 2.62. The first kappa shape index (κ1) is 23.5. The number of rotatable bonds is 5. The van der Waals surface area contributed by atoms with Gasteiger partial charge in [-0.2, -0.15) is 13.2 Å². The lowest BCUT2D eigenvalue weighted by molar-refractivity contribution is -0.137. The zero-order chi connectivity index (χ0) is 22.6. The van der Waals surface area contributed by atoms with E-state index >= 15 is 0 Å². The van der Waals surface area contributed by atoms with Gasteiger partial charge in [-0.3, -0.25) is 9.59 Å². The van der Waals surface area contributed by atoms with Gasteiger partial charge in [-0.25, -0.2) is 0 Å². The predicted molar refractivity (Wildman–Crippen MR) is 112 cm³/mol. The van der Waals surface area contributed by atoms with E-state index in [-0.39, 0.29) is 18.0 Å². The minimum Gasteiger partial charge on any atom is -0.333 e. The lowest BCUT2D eigenvalue weighted by atomic mass is 10.1. The summed E-state index contributed by atoms with van der Waals surface area (Å²) in [5.41, 5.74) is 2.80. The molecule has 0 aliphatic carbocycles. The van der Waals surface area contributed by atoms with Crippen molar-refractivity contribution in [3.8, 4) is 0 Å². The Morgan fingerprint density at radius 3 is 2.27 bits per heavy atom. The van der Waals surface area contributed by atoms with Crippen LogP contribution < -0.4 is 5.32 Å². The zero-order valence-electron chi connectivity index (χ0n) is 17.0. The van der Waals surface area contributed by atoms with Gasteiger partial charge in [0.2, 0.25) is 11.8 Å². The maximum atomic E-state index is 12.9. The van der Waals surface area contributed by atoms with Crippen LogP contribution in [0.5, 0.6) is 0 Å². The van der Waals surface area contributed by atoms with Gasteiger partial charge in [0.15, 0.2) is 0 Å². The van der Waals surface area contributed by atoms with Gasteiger partial charge in [0.05, 0.1) is 17.1 Å². The van der Waals surface area contributed by atoms with Crippen molar-refractivity contribution >= 4 is 35.2 Å². The Hall–Kier alpha value is -2.80. The van der Waals surface area contributed by atoms with Crippen LogP contribution >= 0.6 is 11.6 Å². The van der Waals surface area contributed by atoms with Gasteiger partial charge in [-0.1, -0.05) is 35.4 Å². The molecule has 8 heteroatoms. The number of hydrogen-bond acceptors (Lipinski definition) is 2. The molecule has 160 valence electrons. The van der Waals surface area contributed by atoms with Crippen molar-refractivity contribution in [2.75, 3.05) is 18.9 Å². The molecule has 0 radical (unpaired) electrons. The fourth-order valence-electron chi connectivity index (χ4n) is 3.01. The Bertz CT molecular complexity index is 977. The highest BCUT2D eigenvalue weighted by atomic mass is 35.5. The maximum absolute atomic E-state index is 12.9. The van der Waals surface area contributed by atoms with Gasteiger partial charge in [0.25, 0.3) is 0 Å². The maximum Gasteiger partial charge on any atom is 0.417 e. The molecule has 0 unspecified atom stereocenters. The van der Waals surface area contributed by atoms with Crippen LogP contribution in [-0.4, -0.2) is 30.3 Å². The molecule has 2 aromatic rings. The fourth-order valence-corrected chi connectivity index (χ4v) is 3.23. The van der Waals surface area contributed by atoms with E-state index < -0.39 is 22.7 Å². The highest BCUT2D eigenvalue weighted by molar-refractivity contribution is 6.31. The summed E-state index contributed by atoms with van der Waals surface area (Å²) in [4.78, 5) is 25.7. The number of aryl methyl sites for hydroxylation is 3. The van der Waals surface area contributed by atoms with Gasteiger partial charge in [0, 0.05) is 18.8 Å². The van der Waals surface area contributed by atoms with E-state index in [4.69, 9.17) is 11.6 Å². The summed E-state index contributed by atoms with van der Waals surface area (Å²) >= 11 is 5.58. The van der Waals surface area contributed by atoms with E-state index in [1.54, 1.807) is 0 Å². The number of alkyl halides is 3. The van der Waals surface area contributed by atoms with E-state index in [2.05, 4.69) is 5.32 Å². The number of carbonyl (C=O) groups excluding carboxylic acids is 2. The summed E-state index contributed by atoms with van der Waals surface area (Å²) in [7, 11) is 1.43. The van der Waals surface area contributed by atoms with Crippen LogP contribution in [0.1, 0.15) is 27.8 Å². The van der Waals surface area contributed by atoms with Crippen molar-refractivity contribution in [1.82, 2.24) is 4.90 Å². The second-order valence-corrected chi connectivity index (χ2v) is 7.49. The quantitative estimate of drug-likeness (QED) is 0.636. The van der Waals surface area contributed by atoms with Crippen LogP contribution in [0.4, 0.5) is 18.9 Å². The Morgan fingerprint density at radius 2 is 1.70 bits per heavy atom. The highest BCUT2D eigenvalue weighted by Gasteiger charge is 2.33. The molecule has 0 atom stereocenters. The van der Waals surface area contributed by atoms with Crippen LogP contribution in [0, 0.1) is 20.8 Å². The van der Waals surface area contributed by atoms with Crippen molar-refractivity contribution in [3.05, 3.63) is 69.2 Å². The first-order valence-corrected chi connectivity index (χ1v) is 9.44. The molecule has 30 heavy (non-hydrogen) atoms. The van der Waals surface area contributed by atoms with Gasteiger partial charge in [-0.15, -0.1) is 0 Å². The van der Waals surface area contributed by atoms with Crippen molar-refractivity contribution in [3.63, 3.8) is 0 Å². The van der Waals surface area contributed by atoms with E-state index in [1.807, 2.05) is 32.9 Å². The van der Waals surface area contributed by atoms with Crippen LogP contribution in [-0.2, 0) is 15.8 Å². The number of benzene rings is 2. The summed E-state index contributed by atoms with van der Waals surface area (Å²) in [6.07, 6.45) is -2.23. The van der Waals surface area contributed by atoms with Crippen molar-refractivity contribution in [2.24, 2.45) is 0 Å². The second-order valence-electron chi connectivity index (χ2n) is 7.09. The molecule has 0 fully saturated rings. The smallest absolute Gasteiger partial charge is 0.333 e. The summed E-state index contributed by atoms with van der Waals surface area (Å²) in [6, 6.07) is 7.25. The monoisotopic (exact) mass is 438 g/mol. The number of amides is 2. The Labute approximate surface area is 178 Å². The van der Waals surface area contributed by atoms with Gasteiger partial charge in [-0.05, 0) is 55.7 Å². The second kappa shape index (κ2) is 9.34. The average molecular weight is 439 g/mol. The molecule has 0 aliphatic rings. The molecular formula is C22H22ClF3N2O2. The van der Waals surface area contributed by atoms with Crippen LogP contribution in [0.25, 0.3) is 6.08 Å². The zero-order valence-corrected chi connectivity index (χ0v) is 17.8. The first-order chi connectivity index (χ1) is 13.9. The molecule has 1 N–H and O–H groups in total. The molecule has 0 saturated heterocycles. The summed E-state index contributed by atoms with van der Waals surface area (Å²) in [5.74, 6) is -0.897. The van der Waals surface area contributed by atoms with Crippen molar-refractivity contribution in [1.29, 1.82) is 0 Å². The molecule has 0 spiro atoms. The molecule has 2 aromatic carbocycles. The fraction of sp³-hybridized carbons (Fsp3) is 0.273. The minimum absolute atomic E-state index is 0.170. The molecule has 0 saturated carbocycles. The van der Waals surface area contributed by atoms with Gasteiger partial charge >= 0.3 is 6.18 Å².